The van der Waals surface area contributed by atoms with E-state index in [1.165, 1.54) is 0 Å². The maximum absolute atomic E-state index is 12.7. The van der Waals surface area contributed by atoms with Crippen LogP contribution in [0.2, 0.25) is 0 Å². The molecule has 0 aliphatic heterocycles. The Bertz CT molecular complexity index is 899. The molecule has 1 atom stereocenters. The van der Waals surface area contributed by atoms with Gasteiger partial charge in [0.15, 0.2) is 0 Å². The Morgan fingerprint density at radius 3 is 1.88 bits per heavy atom. The number of rotatable bonds is 14. The Morgan fingerprint density at radius 2 is 1.36 bits per heavy atom. The molecule has 2 N–H and O–H groups in total. The van der Waals surface area contributed by atoms with Crippen LogP contribution in [0.25, 0.3) is 0 Å². The average molecular weight is 455 g/mol. The minimum absolute atomic E-state index is 0.00519. The first-order valence-electron chi connectivity index (χ1n) is 11.8. The van der Waals surface area contributed by atoms with E-state index in [4.69, 9.17) is 9.47 Å². The van der Waals surface area contributed by atoms with Gasteiger partial charge in [0.2, 0.25) is 0 Å². The Morgan fingerprint density at radius 1 is 0.818 bits per heavy atom. The van der Waals surface area contributed by atoms with Gasteiger partial charge in [0.25, 0.3) is 11.8 Å². The summed E-state index contributed by atoms with van der Waals surface area (Å²) in [6, 6.07) is 14.3. The van der Waals surface area contributed by atoms with Crippen LogP contribution in [-0.2, 0) is 0 Å². The van der Waals surface area contributed by atoms with Gasteiger partial charge in [0.1, 0.15) is 11.5 Å². The molecule has 0 aliphatic rings. The van der Waals surface area contributed by atoms with Crippen molar-refractivity contribution < 1.29 is 19.1 Å². The van der Waals surface area contributed by atoms with Gasteiger partial charge in [-0.05, 0) is 67.5 Å². The van der Waals surface area contributed by atoms with Crippen molar-refractivity contribution in [1.82, 2.24) is 10.6 Å². The lowest BCUT2D eigenvalue weighted by Gasteiger charge is -2.33. The minimum atomic E-state index is -0.101. The monoisotopic (exact) mass is 454 g/mol. The SMILES string of the molecule is CCCC[C@@](CC)(CCCNC(=O)c1cccc(OC)c1)CNC(=O)c1cccc(OC)c1. The molecule has 0 aliphatic carbocycles. The van der Waals surface area contributed by atoms with Crippen molar-refractivity contribution in [2.45, 2.75) is 52.4 Å². The molecule has 2 aromatic rings. The third kappa shape index (κ3) is 8.12. The Kier molecular flexibility index (Phi) is 10.7. The summed E-state index contributed by atoms with van der Waals surface area (Å²) in [5.74, 6) is 1.14. The van der Waals surface area contributed by atoms with Gasteiger partial charge in [-0.3, -0.25) is 9.59 Å². The molecule has 0 bridgehead atoms. The molecular weight excluding hydrogens is 416 g/mol. The van der Waals surface area contributed by atoms with E-state index in [9.17, 15) is 9.59 Å². The van der Waals surface area contributed by atoms with Crippen LogP contribution in [-0.4, -0.2) is 39.1 Å². The summed E-state index contributed by atoms with van der Waals surface area (Å²) in [5, 5.41) is 6.15. The smallest absolute Gasteiger partial charge is 0.251 e. The van der Waals surface area contributed by atoms with E-state index in [1.807, 2.05) is 24.3 Å². The van der Waals surface area contributed by atoms with Crippen molar-refractivity contribution in [3.8, 4) is 11.5 Å². The second-order valence-corrected chi connectivity index (χ2v) is 8.46. The van der Waals surface area contributed by atoms with E-state index in [1.54, 1.807) is 38.5 Å². The lowest BCUT2D eigenvalue weighted by atomic mass is 9.76. The number of hydrogen-bond donors (Lipinski definition) is 2. The number of amides is 2. The van der Waals surface area contributed by atoms with Gasteiger partial charge in [-0.25, -0.2) is 0 Å². The Balaban J connectivity index is 1.93. The molecule has 2 amide bonds. The molecule has 0 radical (unpaired) electrons. The van der Waals surface area contributed by atoms with Gasteiger partial charge in [0, 0.05) is 24.2 Å². The molecule has 33 heavy (non-hydrogen) atoms. The van der Waals surface area contributed by atoms with Crippen molar-refractivity contribution in [3.05, 3.63) is 59.7 Å². The number of ether oxygens (including phenoxy) is 2. The molecule has 0 heterocycles. The lowest BCUT2D eigenvalue weighted by Crippen LogP contribution is -2.38. The van der Waals surface area contributed by atoms with E-state index in [0.717, 1.165) is 38.5 Å². The summed E-state index contributed by atoms with van der Waals surface area (Å²) in [6.07, 6.45) is 6.01. The number of nitrogens with one attached hydrogen (secondary N) is 2. The highest BCUT2D eigenvalue weighted by atomic mass is 16.5. The molecule has 6 nitrogen and oxygen atoms in total. The fourth-order valence-electron chi connectivity index (χ4n) is 4.00. The molecule has 6 heteroatoms. The zero-order valence-corrected chi connectivity index (χ0v) is 20.4. The molecule has 2 rings (SSSR count). The molecule has 180 valence electrons. The number of carbonyl (C=O) groups excluding carboxylic acids is 2. The normalized spacial score (nSPS) is 12.5. The predicted molar refractivity (Wildman–Crippen MR) is 132 cm³/mol. The number of hydrogen-bond acceptors (Lipinski definition) is 4. The van der Waals surface area contributed by atoms with E-state index in [-0.39, 0.29) is 17.2 Å². The van der Waals surface area contributed by atoms with E-state index < -0.39 is 0 Å². The van der Waals surface area contributed by atoms with Crippen LogP contribution in [0.4, 0.5) is 0 Å². The molecule has 0 spiro atoms. The number of carbonyl (C=O) groups is 2. The van der Waals surface area contributed by atoms with E-state index in [2.05, 4.69) is 24.5 Å². The van der Waals surface area contributed by atoms with Gasteiger partial charge in [-0.15, -0.1) is 0 Å². The van der Waals surface area contributed by atoms with Crippen molar-refractivity contribution >= 4 is 11.8 Å². The van der Waals surface area contributed by atoms with Crippen LogP contribution >= 0.6 is 0 Å². The topological polar surface area (TPSA) is 76.7 Å². The van der Waals surface area contributed by atoms with Crippen LogP contribution in [0.3, 0.4) is 0 Å². The number of unbranched alkanes of at least 4 members (excludes halogenated alkanes) is 1. The first kappa shape index (κ1) is 26.2. The standard InChI is InChI=1S/C27H38N2O4/c1-5-7-15-27(6-2,20-29-26(31)22-12-9-14-24(19-22)33-4)16-10-17-28-25(30)21-11-8-13-23(18-21)32-3/h8-9,11-14,18-19H,5-7,10,15-17,20H2,1-4H3,(H,28,30)(H,29,31)/t27-/m0/s1. The van der Waals surface area contributed by atoms with Crippen LogP contribution in [0, 0.1) is 5.41 Å². The van der Waals surface area contributed by atoms with Crippen LogP contribution in [0.1, 0.15) is 73.1 Å². The molecular formula is C27H38N2O4. The summed E-state index contributed by atoms with van der Waals surface area (Å²) in [5.41, 5.74) is 1.19. The summed E-state index contributed by atoms with van der Waals surface area (Å²) in [4.78, 5) is 25.2. The van der Waals surface area contributed by atoms with E-state index in [0.29, 0.717) is 35.7 Å². The summed E-state index contributed by atoms with van der Waals surface area (Å²) in [7, 11) is 3.18. The van der Waals surface area contributed by atoms with Gasteiger partial charge < -0.3 is 20.1 Å². The molecule has 0 aromatic heterocycles. The fourth-order valence-corrected chi connectivity index (χ4v) is 4.00. The quantitative estimate of drug-likeness (QED) is 0.383. The predicted octanol–water partition coefficient (Wildman–Crippen LogP) is 5.23. The highest BCUT2D eigenvalue weighted by Gasteiger charge is 2.28. The van der Waals surface area contributed by atoms with Crippen molar-refractivity contribution in [1.29, 1.82) is 0 Å². The van der Waals surface area contributed by atoms with Crippen molar-refractivity contribution in [2.24, 2.45) is 5.41 Å². The minimum Gasteiger partial charge on any atom is -0.497 e. The van der Waals surface area contributed by atoms with Gasteiger partial charge in [0.05, 0.1) is 14.2 Å². The zero-order chi connectivity index (χ0) is 24.1. The molecule has 0 saturated carbocycles. The highest BCUT2D eigenvalue weighted by Crippen LogP contribution is 2.33. The van der Waals surface area contributed by atoms with Crippen LogP contribution in [0.15, 0.2) is 48.5 Å². The summed E-state index contributed by atoms with van der Waals surface area (Å²) in [6.45, 7) is 5.57. The lowest BCUT2D eigenvalue weighted by molar-refractivity contribution is 0.0916. The van der Waals surface area contributed by atoms with Crippen LogP contribution < -0.4 is 20.1 Å². The maximum atomic E-state index is 12.7. The first-order valence-corrected chi connectivity index (χ1v) is 11.8. The zero-order valence-electron chi connectivity index (χ0n) is 20.4. The first-order chi connectivity index (χ1) is 16.0. The molecule has 0 saturated heterocycles. The fraction of sp³-hybridized carbons (Fsp3) is 0.481. The third-order valence-corrected chi connectivity index (χ3v) is 6.27. The average Bonchev–Trinajstić information content (AvgIpc) is 2.87. The van der Waals surface area contributed by atoms with Crippen LogP contribution in [0.5, 0.6) is 11.5 Å². The van der Waals surface area contributed by atoms with Gasteiger partial charge in [-0.1, -0.05) is 38.8 Å². The largest absolute Gasteiger partial charge is 0.497 e. The van der Waals surface area contributed by atoms with Crippen molar-refractivity contribution in [2.75, 3.05) is 27.3 Å². The molecule has 0 unspecified atom stereocenters. The second-order valence-electron chi connectivity index (χ2n) is 8.46. The second kappa shape index (κ2) is 13.5. The number of methoxy groups -OCH3 is 2. The summed E-state index contributed by atoms with van der Waals surface area (Å²) < 4.78 is 10.4. The van der Waals surface area contributed by atoms with E-state index >= 15 is 0 Å². The Hall–Kier alpha value is -3.02. The summed E-state index contributed by atoms with van der Waals surface area (Å²) >= 11 is 0. The third-order valence-electron chi connectivity index (χ3n) is 6.27. The maximum Gasteiger partial charge on any atom is 0.251 e. The van der Waals surface area contributed by atoms with Gasteiger partial charge in [-0.2, -0.15) is 0 Å². The molecule has 2 aromatic carbocycles. The number of benzene rings is 2. The molecule has 0 fully saturated rings. The van der Waals surface area contributed by atoms with Gasteiger partial charge >= 0.3 is 0 Å². The van der Waals surface area contributed by atoms with Crippen molar-refractivity contribution in [3.63, 3.8) is 0 Å². The Labute approximate surface area is 198 Å². The highest BCUT2D eigenvalue weighted by molar-refractivity contribution is 5.95.